The van der Waals surface area contributed by atoms with Crippen molar-refractivity contribution in [2.75, 3.05) is 7.11 Å². The molecular weight excluding hydrogens is 399 g/mol. The summed E-state index contributed by atoms with van der Waals surface area (Å²) in [4.78, 5) is 15.6. The molecule has 0 bridgehead atoms. The highest BCUT2D eigenvalue weighted by atomic mass is 19.4. The van der Waals surface area contributed by atoms with E-state index in [9.17, 15) is 18.0 Å². The highest BCUT2D eigenvalue weighted by Crippen LogP contribution is 2.24. The van der Waals surface area contributed by atoms with E-state index < -0.39 is 6.36 Å². The number of ether oxygens (including phenoxy) is 2. The van der Waals surface area contributed by atoms with Crippen molar-refractivity contribution in [2.45, 2.75) is 12.9 Å². The molecule has 0 aliphatic rings. The van der Waals surface area contributed by atoms with E-state index in [1.54, 1.807) is 42.4 Å². The number of aromatic amines is 1. The number of fused-ring (bicyclic) bond motifs is 1. The predicted octanol–water partition coefficient (Wildman–Crippen LogP) is 4.35. The first kappa shape index (κ1) is 19.6. The summed E-state index contributed by atoms with van der Waals surface area (Å²) in [5.41, 5.74) is 2.56. The van der Waals surface area contributed by atoms with Crippen LogP contribution in [0.2, 0.25) is 0 Å². The normalized spacial score (nSPS) is 11.6. The van der Waals surface area contributed by atoms with Crippen LogP contribution in [0.15, 0.2) is 65.7 Å². The van der Waals surface area contributed by atoms with Gasteiger partial charge in [0.05, 0.1) is 31.1 Å². The van der Waals surface area contributed by atoms with E-state index in [0.717, 1.165) is 5.56 Å². The molecule has 4 rings (SSSR count). The van der Waals surface area contributed by atoms with Gasteiger partial charge in [0.15, 0.2) is 5.43 Å². The molecule has 2 aromatic carbocycles. The molecular formula is C21H16F3N3O3. The molecule has 4 aromatic rings. The molecule has 9 heteroatoms. The third kappa shape index (κ3) is 4.29. The van der Waals surface area contributed by atoms with Crippen LogP contribution in [-0.2, 0) is 6.54 Å². The van der Waals surface area contributed by atoms with Gasteiger partial charge in [-0.2, -0.15) is 5.10 Å². The molecule has 30 heavy (non-hydrogen) atoms. The van der Waals surface area contributed by atoms with Gasteiger partial charge in [0.2, 0.25) is 0 Å². The number of benzene rings is 2. The molecule has 0 saturated heterocycles. The first-order valence-corrected chi connectivity index (χ1v) is 8.89. The Morgan fingerprint density at radius 1 is 1.07 bits per heavy atom. The zero-order chi connectivity index (χ0) is 21.3. The Morgan fingerprint density at radius 3 is 2.50 bits per heavy atom. The molecule has 0 spiro atoms. The van der Waals surface area contributed by atoms with Crippen molar-refractivity contribution >= 4 is 10.9 Å². The van der Waals surface area contributed by atoms with E-state index in [1.807, 2.05) is 0 Å². The van der Waals surface area contributed by atoms with Gasteiger partial charge in [-0.15, -0.1) is 13.2 Å². The van der Waals surface area contributed by atoms with E-state index in [2.05, 4.69) is 14.8 Å². The predicted molar refractivity (Wildman–Crippen MR) is 105 cm³/mol. The van der Waals surface area contributed by atoms with Crippen LogP contribution < -0.4 is 14.9 Å². The molecule has 0 atom stereocenters. The van der Waals surface area contributed by atoms with Gasteiger partial charge in [0, 0.05) is 29.3 Å². The molecule has 2 heterocycles. The minimum absolute atomic E-state index is 0.130. The number of pyridine rings is 1. The quantitative estimate of drug-likeness (QED) is 0.526. The monoisotopic (exact) mass is 415 g/mol. The van der Waals surface area contributed by atoms with Crippen molar-refractivity contribution in [1.29, 1.82) is 0 Å². The first-order chi connectivity index (χ1) is 14.3. The summed E-state index contributed by atoms with van der Waals surface area (Å²) in [5, 5.41) is 4.82. The minimum Gasteiger partial charge on any atom is -0.497 e. The van der Waals surface area contributed by atoms with Crippen LogP contribution in [0, 0.1) is 0 Å². The molecule has 0 unspecified atom stereocenters. The molecule has 0 aliphatic carbocycles. The first-order valence-electron chi connectivity index (χ1n) is 8.89. The van der Waals surface area contributed by atoms with Gasteiger partial charge in [0.1, 0.15) is 11.5 Å². The third-order valence-corrected chi connectivity index (χ3v) is 4.48. The van der Waals surface area contributed by atoms with Crippen molar-refractivity contribution < 1.29 is 22.6 Å². The number of aromatic nitrogens is 3. The van der Waals surface area contributed by atoms with Gasteiger partial charge < -0.3 is 14.5 Å². The summed E-state index contributed by atoms with van der Waals surface area (Å²) in [7, 11) is 1.55. The SMILES string of the molecule is COc1ccc2c(=O)cc(-c3cnn(Cc4ccc(OC(F)(F)F)cc4)c3)[nH]c2c1. The summed E-state index contributed by atoms with van der Waals surface area (Å²) in [6.45, 7) is 0.345. The Morgan fingerprint density at radius 2 is 1.80 bits per heavy atom. The number of rotatable bonds is 5. The van der Waals surface area contributed by atoms with Crippen molar-refractivity contribution in [3.05, 3.63) is 76.7 Å². The Kier molecular flexibility index (Phi) is 4.94. The Balaban J connectivity index is 1.56. The van der Waals surface area contributed by atoms with Gasteiger partial charge in [0.25, 0.3) is 0 Å². The van der Waals surface area contributed by atoms with Crippen LogP contribution in [-0.4, -0.2) is 28.2 Å². The number of halogens is 3. The Hall–Kier alpha value is -3.75. The number of hydrogen-bond acceptors (Lipinski definition) is 4. The standard InChI is InChI=1S/C21H16F3N3O3/c1-29-16-6-7-17-19(8-16)26-18(9-20(17)28)14-10-25-27(12-14)11-13-2-4-15(5-3-13)30-21(22,23)24/h2-10,12H,11H2,1H3,(H,26,28). The lowest BCUT2D eigenvalue weighted by atomic mass is 10.1. The van der Waals surface area contributed by atoms with Gasteiger partial charge in [-0.25, -0.2) is 0 Å². The lowest BCUT2D eigenvalue weighted by Gasteiger charge is -2.09. The Bertz CT molecular complexity index is 1240. The smallest absolute Gasteiger partial charge is 0.497 e. The van der Waals surface area contributed by atoms with Crippen molar-refractivity contribution in [3.8, 4) is 22.8 Å². The van der Waals surface area contributed by atoms with Crippen LogP contribution >= 0.6 is 0 Å². The number of methoxy groups -OCH3 is 1. The second-order valence-electron chi connectivity index (χ2n) is 6.58. The molecule has 0 amide bonds. The highest BCUT2D eigenvalue weighted by Gasteiger charge is 2.30. The van der Waals surface area contributed by atoms with Crippen LogP contribution in [0.1, 0.15) is 5.56 Å². The van der Waals surface area contributed by atoms with E-state index in [0.29, 0.717) is 34.5 Å². The summed E-state index contributed by atoms with van der Waals surface area (Å²) in [6, 6.07) is 12.2. The van der Waals surface area contributed by atoms with Crippen molar-refractivity contribution in [1.82, 2.24) is 14.8 Å². The van der Waals surface area contributed by atoms with E-state index in [4.69, 9.17) is 4.74 Å². The maximum Gasteiger partial charge on any atom is 0.573 e. The Labute approximate surface area is 168 Å². The van der Waals surface area contributed by atoms with E-state index >= 15 is 0 Å². The summed E-state index contributed by atoms with van der Waals surface area (Å²) in [6.07, 6.45) is -1.37. The molecule has 0 saturated carbocycles. The maximum atomic E-state index is 12.4. The van der Waals surface area contributed by atoms with Crippen LogP contribution in [0.5, 0.6) is 11.5 Å². The third-order valence-electron chi connectivity index (χ3n) is 4.48. The van der Waals surface area contributed by atoms with Crippen LogP contribution in [0.25, 0.3) is 22.2 Å². The van der Waals surface area contributed by atoms with Crippen molar-refractivity contribution in [2.24, 2.45) is 0 Å². The fourth-order valence-electron chi connectivity index (χ4n) is 3.09. The zero-order valence-corrected chi connectivity index (χ0v) is 15.7. The molecule has 1 N–H and O–H groups in total. The van der Waals surface area contributed by atoms with Gasteiger partial charge in [-0.3, -0.25) is 9.48 Å². The van der Waals surface area contributed by atoms with E-state index in [1.165, 1.54) is 30.3 Å². The molecule has 0 radical (unpaired) electrons. The number of alkyl halides is 3. The molecule has 6 nitrogen and oxygen atoms in total. The fraction of sp³-hybridized carbons (Fsp3) is 0.143. The van der Waals surface area contributed by atoms with Crippen molar-refractivity contribution in [3.63, 3.8) is 0 Å². The number of hydrogen-bond donors (Lipinski definition) is 1. The topological polar surface area (TPSA) is 69.1 Å². The lowest BCUT2D eigenvalue weighted by Crippen LogP contribution is -2.17. The lowest BCUT2D eigenvalue weighted by molar-refractivity contribution is -0.274. The number of H-pyrrole nitrogens is 1. The summed E-state index contributed by atoms with van der Waals surface area (Å²) in [5.74, 6) is 0.348. The molecule has 0 fully saturated rings. The zero-order valence-electron chi connectivity index (χ0n) is 15.7. The molecule has 154 valence electrons. The number of nitrogens with one attached hydrogen (secondary N) is 1. The summed E-state index contributed by atoms with van der Waals surface area (Å²) < 4.78 is 47.5. The van der Waals surface area contributed by atoms with Gasteiger partial charge in [-0.05, 0) is 29.8 Å². The van der Waals surface area contributed by atoms with Crippen LogP contribution in [0.4, 0.5) is 13.2 Å². The van der Waals surface area contributed by atoms with E-state index in [-0.39, 0.29) is 11.2 Å². The minimum atomic E-state index is -4.72. The second kappa shape index (κ2) is 7.58. The fourth-order valence-corrected chi connectivity index (χ4v) is 3.09. The average molecular weight is 415 g/mol. The largest absolute Gasteiger partial charge is 0.573 e. The maximum absolute atomic E-state index is 12.4. The molecule has 0 aliphatic heterocycles. The number of nitrogens with zero attached hydrogens (tertiary/aromatic N) is 2. The van der Waals surface area contributed by atoms with Crippen LogP contribution in [0.3, 0.4) is 0 Å². The summed E-state index contributed by atoms with van der Waals surface area (Å²) >= 11 is 0. The van der Waals surface area contributed by atoms with Gasteiger partial charge in [-0.1, -0.05) is 12.1 Å². The molecule has 2 aromatic heterocycles. The highest BCUT2D eigenvalue weighted by molar-refractivity contribution is 5.82. The second-order valence-corrected chi connectivity index (χ2v) is 6.58. The van der Waals surface area contributed by atoms with Gasteiger partial charge >= 0.3 is 6.36 Å². The average Bonchev–Trinajstić information content (AvgIpc) is 3.16.